The maximum absolute atomic E-state index is 14.9. The van der Waals surface area contributed by atoms with Crippen LogP contribution in [0.1, 0.15) is 33.0 Å². The molecule has 0 aliphatic heterocycles. The monoisotopic (exact) mass is 689 g/mol. The van der Waals surface area contributed by atoms with E-state index < -0.39 is 91.8 Å². The largest absolute Gasteiger partial charge is 0.450 e. The topological polar surface area (TPSA) is 63.2 Å². The van der Waals surface area contributed by atoms with E-state index in [-0.39, 0.29) is 15.7 Å². The Morgan fingerprint density at radius 3 is 2.14 bits per heavy atom. The van der Waals surface area contributed by atoms with Crippen molar-refractivity contribution in [2.24, 2.45) is 5.92 Å². The highest BCUT2D eigenvalue weighted by Crippen LogP contribution is 2.65. The van der Waals surface area contributed by atoms with E-state index in [1.54, 1.807) is 6.07 Å². The average Bonchev–Trinajstić information content (AvgIpc) is 3.48. The molecule has 0 saturated heterocycles. The number of anilines is 1. The molecule has 15 heteroatoms. The molecule has 42 heavy (non-hydrogen) atoms. The van der Waals surface area contributed by atoms with Crippen LogP contribution in [0.15, 0.2) is 42.5 Å². The molecule has 2 atom stereocenters. The maximum Gasteiger partial charge on any atom is 0.450 e. The van der Waals surface area contributed by atoms with E-state index in [4.69, 9.17) is 58.0 Å². The highest BCUT2D eigenvalue weighted by Gasteiger charge is 2.67. The molecule has 0 spiro atoms. The van der Waals surface area contributed by atoms with Crippen molar-refractivity contribution < 1.29 is 40.7 Å². The molecule has 0 heterocycles. The second-order valence-electron chi connectivity index (χ2n) is 9.31. The third kappa shape index (κ3) is 6.53. The summed E-state index contributed by atoms with van der Waals surface area (Å²) in [7, 11) is 0. The molecule has 1 aliphatic carbocycles. The van der Waals surface area contributed by atoms with E-state index in [9.17, 15) is 40.7 Å². The molecule has 4 rings (SSSR count). The number of halogens is 11. The van der Waals surface area contributed by atoms with Crippen LogP contribution in [0.25, 0.3) is 0 Å². The van der Waals surface area contributed by atoms with Gasteiger partial charge in [-0.2, -0.15) is 13.2 Å². The van der Waals surface area contributed by atoms with E-state index in [0.29, 0.717) is 11.6 Å². The molecule has 3 aromatic rings. The predicted molar refractivity (Wildman–Crippen MR) is 146 cm³/mol. The van der Waals surface area contributed by atoms with Crippen molar-refractivity contribution in [2.45, 2.75) is 29.3 Å². The highest BCUT2D eigenvalue weighted by molar-refractivity contribution is 6.53. The lowest BCUT2D eigenvalue weighted by Crippen LogP contribution is -2.25. The number of carbonyl (C=O) groups excluding carboxylic acids is 3. The van der Waals surface area contributed by atoms with Crippen molar-refractivity contribution in [3.63, 3.8) is 0 Å². The van der Waals surface area contributed by atoms with Gasteiger partial charge in [-0.1, -0.05) is 46.9 Å². The zero-order chi connectivity index (χ0) is 31.3. The van der Waals surface area contributed by atoms with E-state index in [1.807, 2.05) is 0 Å². The molecular formula is C27H14Cl5F6NO3. The highest BCUT2D eigenvalue weighted by atomic mass is 35.5. The summed E-state index contributed by atoms with van der Waals surface area (Å²) in [6.07, 6.45) is -7.87. The zero-order valence-corrected chi connectivity index (χ0v) is 24.3. The number of alkyl halides is 5. The number of nitrogens with one attached hydrogen (secondary N) is 1. The number of hydrogen-bond acceptors (Lipinski definition) is 3. The Balaban J connectivity index is 1.56. The molecule has 4 nitrogen and oxygen atoms in total. The number of carbonyl (C=O) groups is 3. The third-order valence-corrected chi connectivity index (χ3v) is 8.57. The minimum Gasteiger partial charge on any atom is -0.326 e. The second-order valence-corrected chi connectivity index (χ2v) is 11.9. The number of hydrogen-bond donors (Lipinski definition) is 1. The Kier molecular flexibility index (Phi) is 9.17. The first-order valence-electron chi connectivity index (χ1n) is 11.6. The first-order chi connectivity index (χ1) is 19.4. The van der Waals surface area contributed by atoms with E-state index in [2.05, 4.69) is 5.32 Å². The van der Waals surface area contributed by atoms with E-state index in [1.165, 1.54) is 12.1 Å². The molecule has 1 fully saturated rings. The van der Waals surface area contributed by atoms with Crippen LogP contribution in [0, 0.1) is 23.4 Å². The van der Waals surface area contributed by atoms with Crippen molar-refractivity contribution in [2.75, 3.05) is 5.32 Å². The van der Waals surface area contributed by atoms with Crippen molar-refractivity contribution in [3.05, 3.63) is 97.2 Å². The average molecular weight is 692 g/mol. The Labute approximate surface area is 258 Å². The van der Waals surface area contributed by atoms with Gasteiger partial charge in [0.2, 0.25) is 11.7 Å². The standard InChI is InChI=1S/C27H14Cl5F6NO3/c28-15-3-1-10(5-16(15)29)21-22(26(21,31)32)25(42)39-12-7-14(23(30)18(34)8-12)19(40)6-11-2-4-17(33)13(24(11)35)9-20(41)27(36,37)38/h1-5,7-8,21-22H,6,9H2,(H,39,42)/t21-,22+/m0/s1. The third-order valence-electron chi connectivity index (χ3n) is 6.51. The van der Waals surface area contributed by atoms with E-state index >= 15 is 0 Å². The van der Waals surface area contributed by atoms with Gasteiger partial charge >= 0.3 is 6.18 Å². The molecule has 1 amide bonds. The Bertz CT molecular complexity index is 1630. The van der Waals surface area contributed by atoms with Gasteiger partial charge in [0.25, 0.3) is 0 Å². The van der Waals surface area contributed by atoms with Crippen LogP contribution < -0.4 is 5.32 Å². The van der Waals surface area contributed by atoms with Crippen molar-refractivity contribution in [1.82, 2.24) is 0 Å². The van der Waals surface area contributed by atoms with Gasteiger partial charge in [-0.15, -0.1) is 23.2 Å². The molecule has 0 unspecified atom stereocenters. The molecule has 222 valence electrons. The quantitative estimate of drug-likeness (QED) is 0.146. The molecular weight excluding hydrogens is 678 g/mol. The van der Waals surface area contributed by atoms with Gasteiger partial charge in [0.15, 0.2) is 5.78 Å². The summed E-state index contributed by atoms with van der Waals surface area (Å²) in [5.41, 5.74) is -2.03. The first-order valence-corrected chi connectivity index (χ1v) is 13.5. The maximum atomic E-state index is 14.9. The van der Waals surface area contributed by atoms with Crippen LogP contribution in [-0.4, -0.2) is 28.0 Å². The Morgan fingerprint density at radius 1 is 0.857 bits per heavy atom. The van der Waals surface area contributed by atoms with Gasteiger partial charge in [0.1, 0.15) is 21.8 Å². The molecule has 0 aromatic heterocycles. The molecule has 1 N–H and O–H groups in total. The van der Waals surface area contributed by atoms with Crippen molar-refractivity contribution in [1.29, 1.82) is 0 Å². The van der Waals surface area contributed by atoms with Gasteiger partial charge < -0.3 is 5.32 Å². The fourth-order valence-corrected chi connectivity index (χ4v) is 5.68. The van der Waals surface area contributed by atoms with Crippen molar-refractivity contribution in [3.8, 4) is 0 Å². The smallest absolute Gasteiger partial charge is 0.326 e. The van der Waals surface area contributed by atoms with Gasteiger partial charge in [-0.3, -0.25) is 14.4 Å². The normalized spacial score (nSPS) is 17.6. The zero-order valence-electron chi connectivity index (χ0n) is 20.5. The van der Waals surface area contributed by atoms with Crippen LogP contribution in [-0.2, 0) is 22.4 Å². The molecule has 1 saturated carbocycles. The Morgan fingerprint density at radius 2 is 1.52 bits per heavy atom. The lowest BCUT2D eigenvalue weighted by molar-refractivity contribution is -0.170. The fourth-order valence-electron chi connectivity index (χ4n) is 4.33. The van der Waals surface area contributed by atoms with E-state index in [0.717, 1.165) is 18.2 Å². The summed E-state index contributed by atoms with van der Waals surface area (Å²) >= 11 is 30.5. The van der Waals surface area contributed by atoms with Gasteiger partial charge in [-0.25, -0.2) is 13.2 Å². The summed E-state index contributed by atoms with van der Waals surface area (Å²) < 4.78 is 79.9. The second kappa shape index (κ2) is 11.9. The molecule has 1 aliphatic rings. The minimum atomic E-state index is -5.34. The van der Waals surface area contributed by atoms with Crippen molar-refractivity contribution >= 4 is 81.2 Å². The lowest BCUT2D eigenvalue weighted by Gasteiger charge is -2.12. The van der Waals surface area contributed by atoms with Gasteiger partial charge in [0, 0.05) is 35.6 Å². The van der Waals surface area contributed by atoms with Crippen LogP contribution >= 0.6 is 58.0 Å². The summed E-state index contributed by atoms with van der Waals surface area (Å²) in [5.74, 6) is -10.0. The van der Waals surface area contributed by atoms with Crippen LogP contribution in [0.3, 0.4) is 0 Å². The Hall–Kier alpha value is -2.50. The summed E-state index contributed by atoms with van der Waals surface area (Å²) in [6, 6.07) is 7.72. The van der Waals surface area contributed by atoms with Crippen LogP contribution in [0.5, 0.6) is 0 Å². The van der Waals surface area contributed by atoms with Gasteiger partial charge in [0.05, 0.1) is 21.0 Å². The van der Waals surface area contributed by atoms with Crippen LogP contribution in [0.2, 0.25) is 15.1 Å². The van der Waals surface area contributed by atoms with Crippen LogP contribution in [0.4, 0.5) is 32.0 Å². The predicted octanol–water partition coefficient (Wildman–Crippen LogP) is 8.69. The lowest BCUT2D eigenvalue weighted by atomic mass is 9.97. The number of ketones is 2. The summed E-state index contributed by atoms with van der Waals surface area (Å²) in [6.45, 7) is 0. The first kappa shape index (κ1) is 32.4. The number of Topliss-reactive ketones (excluding diaryl/α,β-unsaturated/α-hetero) is 2. The minimum absolute atomic E-state index is 0.198. The molecule has 0 radical (unpaired) electrons. The number of rotatable bonds is 8. The summed E-state index contributed by atoms with van der Waals surface area (Å²) in [5, 5.41) is 2.15. The fraction of sp³-hybridized carbons (Fsp3) is 0.222. The number of benzene rings is 3. The van der Waals surface area contributed by atoms with Gasteiger partial charge in [-0.05, 0) is 41.5 Å². The summed E-state index contributed by atoms with van der Waals surface area (Å²) in [4.78, 5) is 37.2. The molecule has 3 aromatic carbocycles. The SMILES string of the molecule is O=C(Cc1ccc(F)c(CC(=O)C(F)(F)F)c1F)c1cc(NC(=O)[C@H]2[C@H](c3ccc(Cl)c(Cl)c3)C2(Cl)Cl)cc(F)c1Cl. The number of amides is 1. The molecule has 0 bridgehead atoms.